The molecule has 1 fully saturated rings. The molecule has 3 N–H and O–H groups in total. The van der Waals surface area contributed by atoms with E-state index in [0.29, 0.717) is 0 Å². The molecule has 0 spiro atoms. The van der Waals surface area contributed by atoms with Crippen molar-refractivity contribution >= 4 is 0 Å². The van der Waals surface area contributed by atoms with Gasteiger partial charge in [0.05, 0.1) is 0 Å². The molecule has 2 unspecified atom stereocenters. The third-order valence-electron chi connectivity index (χ3n) is 3.60. The number of nitrogens with two attached hydrogens (primary N) is 1. The van der Waals surface area contributed by atoms with E-state index >= 15 is 0 Å². The predicted molar refractivity (Wildman–Crippen MR) is 70.0 cm³/mol. The molecule has 0 aliphatic heterocycles. The molecular formula is C14H26N2. The highest BCUT2D eigenvalue weighted by Gasteiger charge is 2.35. The second-order valence-corrected chi connectivity index (χ2v) is 5.44. The van der Waals surface area contributed by atoms with Crippen LogP contribution in [0.4, 0.5) is 0 Å². The van der Waals surface area contributed by atoms with Crippen LogP contribution in [-0.4, -0.2) is 18.6 Å². The summed E-state index contributed by atoms with van der Waals surface area (Å²) in [5, 5.41) is 3.65. The lowest BCUT2D eigenvalue weighted by Gasteiger charge is -2.43. The van der Waals surface area contributed by atoms with Crippen molar-refractivity contribution in [3.05, 3.63) is 0 Å². The van der Waals surface area contributed by atoms with Crippen LogP contribution in [0, 0.1) is 23.7 Å². The monoisotopic (exact) mass is 222 g/mol. The fourth-order valence-electron chi connectivity index (χ4n) is 3.17. The van der Waals surface area contributed by atoms with E-state index in [1.54, 1.807) is 0 Å². The van der Waals surface area contributed by atoms with Gasteiger partial charge in [0.15, 0.2) is 0 Å². The highest BCUT2D eigenvalue weighted by molar-refractivity contribution is 4.99. The van der Waals surface area contributed by atoms with Crippen LogP contribution in [0.5, 0.6) is 0 Å². The van der Waals surface area contributed by atoms with Gasteiger partial charge in [-0.25, -0.2) is 0 Å². The van der Waals surface area contributed by atoms with E-state index in [2.05, 4.69) is 31.0 Å². The minimum absolute atomic E-state index is 0.173. The fourth-order valence-corrected chi connectivity index (χ4v) is 3.17. The molecule has 2 atom stereocenters. The van der Waals surface area contributed by atoms with E-state index in [0.717, 1.165) is 31.3 Å². The lowest BCUT2D eigenvalue weighted by molar-refractivity contribution is 0.151. The van der Waals surface area contributed by atoms with Gasteiger partial charge in [0, 0.05) is 25.0 Å². The Balaban J connectivity index is 2.50. The van der Waals surface area contributed by atoms with Gasteiger partial charge in [0.1, 0.15) is 0 Å². The predicted octanol–water partition coefficient (Wildman–Crippen LogP) is 2.14. The summed E-state index contributed by atoms with van der Waals surface area (Å²) >= 11 is 0. The molecule has 92 valence electrons. The summed E-state index contributed by atoms with van der Waals surface area (Å²) in [6.45, 7) is 8.30. The maximum atomic E-state index is 5.98. The Labute approximate surface area is 100 Å². The van der Waals surface area contributed by atoms with Crippen molar-refractivity contribution in [1.82, 2.24) is 5.32 Å². The molecule has 16 heavy (non-hydrogen) atoms. The molecule has 0 amide bonds. The molecule has 0 radical (unpaired) electrons. The summed E-state index contributed by atoms with van der Waals surface area (Å²) < 4.78 is 0. The third kappa shape index (κ3) is 3.81. The van der Waals surface area contributed by atoms with Crippen LogP contribution >= 0.6 is 0 Å². The zero-order chi connectivity index (χ0) is 12.0. The van der Waals surface area contributed by atoms with E-state index in [-0.39, 0.29) is 5.54 Å². The van der Waals surface area contributed by atoms with Crippen LogP contribution in [0.3, 0.4) is 0 Å². The first-order valence-electron chi connectivity index (χ1n) is 6.46. The molecule has 0 saturated heterocycles. The molecule has 2 heteroatoms. The minimum Gasteiger partial charge on any atom is -0.329 e. The summed E-state index contributed by atoms with van der Waals surface area (Å²) in [4.78, 5) is 0. The normalized spacial score (nSPS) is 34.2. The molecule has 0 aromatic rings. The number of nitrogens with one attached hydrogen (secondary N) is 1. The van der Waals surface area contributed by atoms with Crippen molar-refractivity contribution in [2.24, 2.45) is 17.6 Å². The van der Waals surface area contributed by atoms with Gasteiger partial charge in [-0.2, -0.15) is 0 Å². The molecule has 2 nitrogen and oxygen atoms in total. The van der Waals surface area contributed by atoms with Gasteiger partial charge in [-0.3, -0.25) is 0 Å². The number of hydrogen-bond donors (Lipinski definition) is 2. The molecule has 0 aromatic carbocycles. The first-order valence-corrected chi connectivity index (χ1v) is 6.46. The summed E-state index contributed by atoms with van der Waals surface area (Å²) in [6, 6.07) is 0. The second kappa shape index (κ2) is 6.27. The maximum Gasteiger partial charge on any atom is 0.0309 e. The highest BCUT2D eigenvalue weighted by atomic mass is 15.0. The fraction of sp³-hybridized carbons (Fsp3) is 0.857. The van der Waals surface area contributed by atoms with Gasteiger partial charge >= 0.3 is 0 Å². The van der Waals surface area contributed by atoms with Crippen LogP contribution < -0.4 is 11.1 Å². The average Bonchev–Trinajstić information content (AvgIpc) is 2.23. The molecule has 1 rings (SSSR count). The Morgan fingerprint density at radius 3 is 2.44 bits per heavy atom. The minimum atomic E-state index is 0.173. The van der Waals surface area contributed by atoms with Gasteiger partial charge in [-0.15, -0.1) is 11.8 Å². The van der Waals surface area contributed by atoms with E-state index in [1.807, 2.05) is 6.92 Å². The van der Waals surface area contributed by atoms with Crippen LogP contribution in [0.1, 0.15) is 46.5 Å². The summed E-state index contributed by atoms with van der Waals surface area (Å²) in [7, 11) is 0. The van der Waals surface area contributed by atoms with Crippen molar-refractivity contribution in [3.63, 3.8) is 0 Å². The smallest absolute Gasteiger partial charge is 0.0309 e. The van der Waals surface area contributed by atoms with Crippen molar-refractivity contribution < 1.29 is 0 Å². The molecule has 0 bridgehead atoms. The highest BCUT2D eigenvalue weighted by Crippen LogP contribution is 2.35. The van der Waals surface area contributed by atoms with Crippen molar-refractivity contribution in [3.8, 4) is 11.8 Å². The van der Waals surface area contributed by atoms with Gasteiger partial charge in [-0.1, -0.05) is 13.8 Å². The lowest BCUT2D eigenvalue weighted by atomic mass is 9.71. The van der Waals surface area contributed by atoms with Crippen molar-refractivity contribution in [1.29, 1.82) is 0 Å². The SMILES string of the molecule is CC#CCCNC1(CN)CC(C)CC(C)C1. The van der Waals surface area contributed by atoms with Crippen LogP contribution in [0.2, 0.25) is 0 Å². The molecule has 0 aromatic heterocycles. The van der Waals surface area contributed by atoms with Crippen LogP contribution in [0.25, 0.3) is 0 Å². The second-order valence-electron chi connectivity index (χ2n) is 5.44. The zero-order valence-electron chi connectivity index (χ0n) is 11.0. The Morgan fingerprint density at radius 2 is 1.94 bits per heavy atom. The number of hydrogen-bond acceptors (Lipinski definition) is 2. The average molecular weight is 222 g/mol. The van der Waals surface area contributed by atoms with Gasteiger partial charge < -0.3 is 11.1 Å². The lowest BCUT2D eigenvalue weighted by Crippen LogP contribution is -2.55. The largest absolute Gasteiger partial charge is 0.329 e. The Bertz CT molecular complexity index is 252. The van der Waals surface area contributed by atoms with Crippen LogP contribution in [-0.2, 0) is 0 Å². The van der Waals surface area contributed by atoms with Crippen molar-refractivity contribution in [2.45, 2.75) is 52.0 Å². The summed E-state index contributed by atoms with van der Waals surface area (Å²) in [6.07, 6.45) is 4.71. The van der Waals surface area contributed by atoms with Gasteiger partial charge in [0.2, 0.25) is 0 Å². The zero-order valence-corrected chi connectivity index (χ0v) is 11.0. The first-order chi connectivity index (χ1) is 7.62. The van der Waals surface area contributed by atoms with Gasteiger partial charge in [-0.05, 0) is 38.0 Å². The van der Waals surface area contributed by atoms with Crippen molar-refractivity contribution in [2.75, 3.05) is 13.1 Å². The first kappa shape index (κ1) is 13.5. The van der Waals surface area contributed by atoms with E-state index in [9.17, 15) is 0 Å². The third-order valence-corrected chi connectivity index (χ3v) is 3.60. The molecule has 0 heterocycles. The molecule has 1 aliphatic rings. The van der Waals surface area contributed by atoms with E-state index in [4.69, 9.17) is 5.73 Å². The Kier molecular flexibility index (Phi) is 5.31. The topological polar surface area (TPSA) is 38.0 Å². The van der Waals surface area contributed by atoms with Crippen LogP contribution in [0.15, 0.2) is 0 Å². The maximum absolute atomic E-state index is 5.98. The number of rotatable bonds is 4. The Hall–Kier alpha value is -0.520. The molecular weight excluding hydrogens is 196 g/mol. The van der Waals surface area contributed by atoms with E-state index < -0.39 is 0 Å². The van der Waals surface area contributed by atoms with E-state index in [1.165, 1.54) is 19.3 Å². The Morgan fingerprint density at radius 1 is 1.31 bits per heavy atom. The quantitative estimate of drug-likeness (QED) is 0.565. The summed E-state index contributed by atoms with van der Waals surface area (Å²) in [5.41, 5.74) is 6.15. The van der Waals surface area contributed by atoms with Gasteiger partial charge in [0.25, 0.3) is 0 Å². The summed E-state index contributed by atoms with van der Waals surface area (Å²) in [5.74, 6) is 7.61. The molecule has 1 aliphatic carbocycles. The molecule has 1 saturated carbocycles. The standard InChI is InChI=1S/C14H26N2/c1-4-5-6-7-16-14(11-15)9-12(2)8-13(3)10-14/h12-13,16H,6-11,15H2,1-3H3.